The average molecular weight is 290 g/mol. The van der Waals surface area contributed by atoms with Crippen LogP contribution in [0, 0.1) is 0 Å². The van der Waals surface area contributed by atoms with Crippen molar-refractivity contribution in [2.75, 3.05) is 18.4 Å². The Hall–Kier alpha value is -1.20. The zero-order valence-electron chi connectivity index (χ0n) is 12.4. The van der Waals surface area contributed by atoms with Crippen molar-refractivity contribution in [3.05, 3.63) is 17.3 Å². The van der Waals surface area contributed by atoms with E-state index >= 15 is 0 Å². The number of hydrogen-bond acceptors (Lipinski definition) is 5. The van der Waals surface area contributed by atoms with Gasteiger partial charge in [0.25, 0.3) is 0 Å². The molecule has 0 aromatic carbocycles. The van der Waals surface area contributed by atoms with Crippen molar-refractivity contribution in [1.82, 2.24) is 14.9 Å². The maximum absolute atomic E-state index is 4.73. The Balaban J connectivity index is 1.91. The molecule has 1 saturated heterocycles. The van der Waals surface area contributed by atoms with Crippen LogP contribution in [0.1, 0.15) is 39.4 Å². The molecule has 0 radical (unpaired) electrons. The largest absolute Gasteiger partial charge is 0.370 e. The third-order valence-corrected chi connectivity index (χ3v) is 4.93. The van der Waals surface area contributed by atoms with Crippen LogP contribution in [0.5, 0.6) is 0 Å². The zero-order valence-corrected chi connectivity index (χ0v) is 13.3. The van der Waals surface area contributed by atoms with Crippen molar-refractivity contribution in [3.8, 4) is 0 Å². The summed E-state index contributed by atoms with van der Waals surface area (Å²) in [4.78, 5) is 13.1. The van der Waals surface area contributed by atoms with Gasteiger partial charge in [-0.2, -0.15) is 0 Å². The topological polar surface area (TPSA) is 41.1 Å². The molecule has 0 aliphatic carbocycles. The minimum Gasteiger partial charge on any atom is -0.370 e. The second-order valence-electron chi connectivity index (χ2n) is 6.00. The highest BCUT2D eigenvalue weighted by Gasteiger charge is 2.32. The molecule has 1 N–H and O–H groups in total. The first-order valence-electron chi connectivity index (χ1n) is 7.33. The first-order chi connectivity index (χ1) is 9.60. The Bertz CT molecular complexity index is 605. The third kappa shape index (κ3) is 2.52. The monoisotopic (exact) mass is 290 g/mol. The van der Waals surface area contributed by atoms with E-state index in [1.807, 2.05) is 0 Å². The summed E-state index contributed by atoms with van der Waals surface area (Å²) in [6.07, 6.45) is 2.53. The van der Waals surface area contributed by atoms with E-state index in [9.17, 15) is 0 Å². The van der Waals surface area contributed by atoms with Gasteiger partial charge in [0.2, 0.25) is 0 Å². The molecule has 4 nitrogen and oxygen atoms in total. The molecular weight excluding hydrogens is 268 g/mol. The molecule has 2 aromatic rings. The molecule has 0 atom stereocenters. The Kier molecular flexibility index (Phi) is 3.65. The van der Waals surface area contributed by atoms with Crippen LogP contribution >= 0.6 is 11.3 Å². The van der Waals surface area contributed by atoms with Crippen molar-refractivity contribution in [1.29, 1.82) is 0 Å². The second kappa shape index (κ2) is 5.30. The second-order valence-corrected chi connectivity index (χ2v) is 6.89. The predicted octanol–water partition coefficient (Wildman–Crippen LogP) is 3.50. The summed E-state index contributed by atoms with van der Waals surface area (Å²) in [6.45, 7) is 9.61. The normalized spacial score (nSPS) is 18.8. The fourth-order valence-electron chi connectivity index (χ4n) is 2.90. The Morgan fingerprint density at radius 1 is 1.40 bits per heavy atom. The summed E-state index contributed by atoms with van der Waals surface area (Å²) in [7, 11) is 0. The van der Waals surface area contributed by atoms with Gasteiger partial charge in [-0.05, 0) is 51.6 Å². The number of anilines is 1. The quantitative estimate of drug-likeness (QED) is 0.935. The van der Waals surface area contributed by atoms with Crippen LogP contribution in [0.4, 0.5) is 5.82 Å². The summed E-state index contributed by atoms with van der Waals surface area (Å²) >= 11 is 1.69. The lowest BCUT2D eigenvalue weighted by Crippen LogP contribution is -2.37. The van der Waals surface area contributed by atoms with Crippen LogP contribution in [0.25, 0.3) is 10.2 Å². The van der Waals surface area contributed by atoms with Gasteiger partial charge in [-0.15, -0.1) is 11.3 Å². The lowest BCUT2D eigenvalue weighted by Gasteiger charge is -2.30. The predicted molar refractivity (Wildman–Crippen MR) is 85.3 cm³/mol. The molecule has 0 unspecified atom stereocenters. The number of likely N-dealkylation sites (tertiary alicyclic amines) is 1. The van der Waals surface area contributed by atoms with E-state index in [2.05, 4.69) is 42.4 Å². The fourth-order valence-corrected chi connectivity index (χ4v) is 3.68. The maximum Gasteiger partial charge on any atom is 0.146 e. The van der Waals surface area contributed by atoms with E-state index in [4.69, 9.17) is 9.97 Å². The molecule has 1 aliphatic heterocycles. The summed E-state index contributed by atoms with van der Waals surface area (Å²) in [5.41, 5.74) is 0.270. The summed E-state index contributed by atoms with van der Waals surface area (Å²) < 4.78 is 0. The SMILES string of the molecule is CCNc1nc(CN2CCCC2(C)C)nc2sccc12. The van der Waals surface area contributed by atoms with Gasteiger partial charge in [-0.3, -0.25) is 4.90 Å². The highest BCUT2D eigenvalue weighted by atomic mass is 32.1. The van der Waals surface area contributed by atoms with E-state index in [-0.39, 0.29) is 5.54 Å². The average Bonchev–Trinajstić information content (AvgIpc) is 2.97. The van der Waals surface area contributed by atoms with Gasteiger partial charge < -0.3 is 5.32 Å². The van der Waals surface area contributed by atoms with E-state index in [0.717, 1.165) is 41.5 Å². The first kappa shape index (κ1) is 13.8. The lowest BCUT2D eigenvalue weighted by molar-refractivity contribution is 0.162. The number of fused-ring (bicyclic) bond motifs is 1. The number of hydrogen-bond donors (Lipinski definition) is 1. The van der Waals surface area contributed by atoms with Gasteiger partial charge in [0.1, 0.15) is 16.5 Å². The standard InChI is InChI=1S/C15H22N4S/c1-4-16-13-11-6-9-20-14(11)18-12(17-13)10-19-8-5-7-15(19,2)3/h6,9H,4-5,7-8,10H2,1-3H3,(H,16,17,18). The minimum absolute atomic E-state index is 0.270. The zero-order chi connectivity index (χ0) is 14.2. The van der Waals surface area contributed by atoms with Crippen LogP contribution in [-0.2, 0) is 6.54 Å². The van der Waals surface area contributed by atoms with Gasteiger partial charge in [0.15, 0.2) is 0 Å². The summed E-state index contributed by atoms with van der Waals surface area (Å²) in [5, 5.41) is 6.59. The number of thiophene rings is 1. The van der Waals surface area contributed by atoms with Gasteiger partial charge in [0.05, 0.1) is 11.9 Å². The third-order valence-electron chi connectivity index (χ3n) is 4.12. The van der Waals surface area contributed by atoms with Crippen molar-refractivity contribution >= 4 is 27.4 Å². The van der Waals surface area contributed by atoms with Crippen molar-refractivity contribution in [2.24, 2.45) is 0 Å². The Morgan fingerprint density at radius 2 is 2.25 bits per heavy atom. The Labute approximate surface area is 124 Å². The van der Waals surface area contributed by atoms with Crippen LogP contribution in [0.3, 0.4) is 0 Å². The van der Waals surface area contributed by atoms with Crippen molar-refractivity contribution in [3.63, 3.8) is 0 Å². The first-order valence-corrected chi connectivity index (χ1v) is 8.21. The minimum atomic E-state index is 0.270. The van der Waals surface area contributed by atoms with Gasteiger partial charge in [-0.1, -0.05) is 0 Å². The number of nitrogens with one attached hydrogen (secondary N) is 1. The highest BCUT2D eigenvalue weighted by Crippen LogP contribution is 2.30. The molecule has 20 heavy (non-hydrogen) atoms. The van der Waals surface area contributed by atoms with Crippen LogP contribution in [0.2, 0.25) is 0 Å². The molecule has 3 rings (SSSR count). The molecule has 0 saturated carbocycles. The van der Waals surface area contributed by atoms with Gasteiger partial charge in [-0.25, -0.2) is 9.97 Å². The molecule has 5 heteroatoms. The fraction of sp³-hybridized carbons (Fsp3) is 0.600. The Morgan fingerprint density at radius 3 is 2.95 bits per heavy atom. The lowest BCUT2D eigenvalue weighted by atomic mass is 10.0. The van der Waals surface area contributed by atoms with Crippen LogP contribution < -0.4 is 5.32 Å². The molecule has 0 spiro atoms. The number of aromatic nitrogens is 2. The van der Waals surface area contributed by atoms with Crippen LogP contribution in [0.15, 0.2) is 11.4 Å². The van der Waals surface area contributed by atoms with Gasteiger partial charge in [0, 0.05) is 12.1 Å². The molecule has 108 valence electrons. The number of rotatable bonds is 4. The van der Waals surface area contributed by atoms with Crippen molar-refractivity contribution < 1.29 is 0 Å². The molecule has 0 bridgehead atoms. The van der Waals surface area contributed by atoms with Crippen molar-refractivity contribution in [2.45, 2.75) is 45.7 Å². The molecule has 3 heterocycles. The molecule has 1 aliphatic rings. The molecule has 1 fully saturated rings. The molecule has 2 aromatic heterocycles. The van der Waals surface area contributed by atoms with E-state index in [1.54, 1.807) is 11.3 Å². The highest BCUT2D eigenvalue weighted by molar-refractivity contribution is 7.16. The molecule has 0 amide bonds. The number of nitrogens with zero attached hydrogens (tertiary/aromatic N) is 3. The smallest absolute Gasteiger partial charge is 0.146 e. The summed E-state index contributed by atoms with van der Waals surface area (Å²) in [6, 6.07) is 2.10. The van der Waals surface area contributed by atoms with E-state index < -0.39 is 0 Å². The molecular formula is C15H22N4S. The van der Waals surface area contributed by atoms with E-state index in [0.29, 0.717) is 0 Å². The maximum atomic E-state index is 4.73. The van der Waals surface area contributed by atoms with Crippen LogP contribution in [-0.4, -0.2) is 33.5 Å². The summed E-state index contributed by atoms with van der Waals surface area (Å²) in [5.74, 6) is 1.91. The van der Waals surface area contributed by atoms with E-state index in [1.165, 1.54) is 12.8 Å². The van der Waals surface area contributed by atoms with Gasteiger partial charge >= 0.3 is 0 Å².